The second-order valence-electron chi connectivity index (χ2n) is 5.28. The van der Waals surface area contributed by atoms with Gasteiger partial charge in [0, 0.05) is 0 Å². The lowest BCUT2D eigenvalue weighted by Gasteiger charge is -2.38. The molecule has 16 heavy (non-hydrogen) atoms. The molecule has 3 heteroatoms. The quantitative estimate of drug-likeness (QED) is 0.802. The Morgan fingerprint density at radius 2 is 1.56 bits per heavy atom. The van der Waals surface area contributed by atoms with E-state index in [1.54, 1.807) is 0 Å². The SMILES string of the molecule is O=C(O)C(C1CCCCC1)N1CCCCC1. The first-order valence-electron chi connectivity index (χ1n) is 6.76. The number of carbonyl (C=O) groups is 1. The number of rotatable bonds is 3. The highest BCUT2D eigenvalue weighted by Gasteiger charge is 2.34. The molecule has 1 N–H and O–H groups in total. The van der Waals surface area contributed by atoms with Crippen molar-refractivity contribution in [2.24, 2.45) is 5.92 Å². The summed E-state index contributed by atoms with van der Waals surface area (Å²) in [7, 11) is 0. The minimum absolute atomic E-state index is 0.194. The van der Waals surface area contributed by atoms with Gasteiger partial charge in [-0.3, -0.25) is 9.69 Å². The maximum absolute atomic E-state index is 11.5. The van der Waals surface area contributed by atoms with Crippen LogP contribution >= 0.6 is 0 Å². The van der Waals surface area contributed by atoms with Crippen LogP contribution in [0.15, 0.2) is 0 Å². The third-order valence-corrected chi connectivity index (χ3v) is 4.13. The van der Waals surface area contributed by atoms with Crippen LogP contribution in [-0.4, -0.2) is 35.1 Å². The van der Waals surface area contributed by atoms with Crippen molar-refractivity contribution >= 4 is 5.97 Å². The number of nitrogens with zero attached hydrogens (tertiary/aromatic N) is 1. The van der Waals surface area contributed by atoms with E-state index in [1.807, 2.05) is 0 Å². The van der Waals surface area contributed by atoms with E-state index in [2.05, 4.69) is 4.90 Å². The molecule has 0 aromatic heterocycles. The molecule has 0 radical (unpaired) electrons. The van der Waals surface area contributed by atoms with Gasteiger partial charge in [-0.05, 0) is 44.7 Å². The summed E-state index contributed by atoms with van der Waals surface area (Å²) in [5.74, 6) is -0.182. The second kappa shape index (κ2) is 5.67. The smallest absolute Gasteiger partial charge is 0.321 e. The van der Waals surface area contributed by atoms with Crippen molar-refractivity contribution in [3.05, 3.63) is 0 Å². The van der Waals surface area contributed by atoms with Gasteiger partial charge in [-0.25, -0.2) is 0 Å². The van der Waals surface area contributed by atoms with Crippen LogP contribution in [0.25, 0.3) is 0 Å². The molecular formula is C13H23NO2. The molecule has 0 bridgehead atoms. The number of hydrogen-bond acceptors (Lipinski definition) is 2. The lowest BCUT2D eigenvalue weighted by atomic mass is 9.82. The summed E-state index contributed by atoms with van der Waals surface area (Å²) in [6.45, 7) is 1.99. The summed E-state index contributed by atoms with van der Waals surface area (Å²) < 4.78 is 0. The van der Waals surface area contributed by atoms with E-state index in [-0.39, 0.29) is 6.04 Å². The molecule has 1 heterocycles. The summed E-state index contributed by atoms with van der Waals surface area (Å²) in [6.07, 6.45) is 9.61. The van der Waals surface area contributed by atoms with Crippen molar-refractivity contribution in [3.8, 4) is 0 Å². The minimum atomic E-state index is -0.589. The minimum Gasteiger partial charge on any atom is -0.480 e. The van der Waals surface area contributed by atoms with E-state index in [9.17, 15) is 9.90 Å². The molecule has 1 saturated heterocycles. The third-order valence-electron chi connectivity index (χ3n) is 4.13. The maximum Gasteiger partial charge on any atom is 0.321 e. The summed E-state index contributed by atoms with van der Waals surface area (Å²) in [6, 6.07) is -0.194. The van der Waals surface area contributed by atoms with Crippen molar-refractivity contribution in [1.29, 1.82) is 0 Å². The van der Waals surface area contributed by atoms with E-state index < -0.39 is 5.97 Å². The average Bonchev–Trinajstić information content (AvgIpc) is 2.31. The first kappa shape index (κ1) is 11.9. The van der Waals surface area contributed by atoms with Crippen LogP contribution in [0, 0.1) is 5.92 Å². The van der Waals surface area contributed by atoms with Crippen molar-refractivity contribution < 1.29 is 9.90 Å². The number of carboxylic acids is 1. The monoisotopic (exact) mass is 225 g/mol. The topological polar surface area (TPSA) is 40.5 Å². The van der Waals surface area contributed by atoms with Crippen LogP contribution in [0.5, 0.6) is 0 Å². The van der Waals surface area contributed by atoms with Gasteiger partial charge in [0.15, 0.2) is 0 Å². The van der Waals surface area contributed by atoms with Gasteiger partial charge >= 0.3 is 5.97 Å². The highest BCUT2D eigenvalue weighted by Crippen LogP contribution is 2.30. The van der Waals surface area contributed by atoms with E-state index in [4.69, 9.17) is 0 Å². The third kappa shape index (κ3) is 2.76. The fraction of sp³-hybridized carbons (Fsp3) is 0.923. The van der Waals surface area contributed by atoms with Crippen LogP contribution in [0.4, 0.5) is 0 Å². The first-order valence-corrected chi connectivity index (χ1v) is 6.76. The Morgan fingerprint density at radius 1 is 1.00 bits per heavy atom. The van der Waals surface area contributed by atoms with Gasteiger partial charge in [0.25, 0.3) is 0 Å². The predicted molar refractivity (Wildman–Crippen MR) is 63.4 cm³/mol. The number of hydrogen-bond donors (Lipinski definition) is 1. The molecule has 2 aliphatic rings. The van der Waals surface area contributed by atoms with Gasteiger partial charge in [0.2, 0.25) is 0 Å². The second-order valence-corrected chi connectivity index (χ2v) is 5.28. The average molecular weight is 225 g/mol. The van der Waals surface area contributed by atoms with Crippen molar-refractivity contribution in [2.75, 3.05) is 13.1 Å². The molecule has 0 spiro atoms. The number of carboxylic acid groups (broad SMARTS) is 1. The number of piperidine rings is 1. The molecule has 3 nitrogen and oxygen atoms in total. The van der Waals surface area contributed by atoms with E-state index in [0.717, 1.165) is 25.9 Å². The van der Waals surface area contributed by atoms with Crippen LogP contribution in [0.1, 0.15) is 51.4 Å². The Kier molecular flexibility index (Phi) is 4.22. The standard InChI is InChI=1S/C13H23NO2/c15-13(16)12(11-7-3-1-4-8-11)14-9-5-2-6-10-14/h11-12H,1-10H2,(H,15,16). The lowest BCUT2D eigenvalue weighted by molar-refractivity contribution is -0.146. The summed E-state index contributed by atoms with van der Waals surface area (Å²) >= 11 is 0. The van der Waals surface area contributed by atoms with Crippen molar-refractivity contribution in [3.63, 3.8) is 0 Å². The Morgan fingerprint density at radius 3 is 2.12 bits per heavy atom. The first-order chi connectivity index (χ1) is 7.79. The van der Waals surface area contributed by atoms with E-state index in [0.29, 0.717) is 5.92 Å². The zero-order valence-corrected chi connectivity index (χ0v) is 10.0. The number of aliphatic carboxylic acids is 1. The Labute approximate surface area is 97.8 Å². The van der Waals surface area contributed by atoms with Crippen molar-refractivity contribution in [2.45, 2.75) is 57.4 Å². The molecule has 0 amide bonds. The van der Waals surface area contributed by atoms with Gasteiger partial charge in [-0.2, -0.15) is 0 Å². The Bertz CT molecular complexity index is 212. The van der Waals surface area contributed by atoms with Crippen molar-refractivity contribution in [1.82, 2.24) is 4.90 Å². The van der Waals surface area contributed by atoms with Gasteiger partial charge in [-0.1, -0.05) is 25.7 Å². The molecule has 1 atom stereocenters. The maximum atomic E-state index is 11.5. The fourth-order valence-corrected chi connectivity index (χ4v) is 3.30. The van der Waals surface area contributed by atoms with Crippen LogP contribution in [0.3, 0.4) is 0 Å². The molecule has 0 aromatic carbocycles. The predicted octanol–water partition coefficient (Wildman–Crippen LogP) is 2.51. The normalized spacial score (nSPS) is 26.5. The zero-order chi connectivity index (χ0) is 11.4. The highest BCUT2D eigenvalue weighted by molar-refractivity contribution is 5.74. The molecule has 2 rings (SSSR count). The molecular weight excluding hydrogens is 202 g/mol. The summed E-state index contributed by atoms with van der Waals surface area (Å²) in [5, 5.41) is 9.44. The van der Waals surface area contributed by atoms with Gasteiger partial charge in [0.1, 0.15) is 6.04 Å². The molecule has 92 valence electrons. The van der Waals surface area contributed by atoms with Crippen LogP contribution in [-0.2, 0) is 4.79 Å². The summed E-state index contributed by atoms with van der Waals surface area (Å²) in [5.41, 5.74) is 0. The Hall–Kier alpha value is -0.570. The summed E-state index contributed by atoms with van der Waals surface area (Å²) in [4.78, 5) is 13.7. The van der Waals surface area contributed by atoms with E-state index in [1.165, 1.54) is 38.5 Å². The molecule has 2 fully saturated rings. The largest absolute Gasteiger partial charge is 0.480 e. The van der Waals surface area contributed by atoms with Crippen LogP contribution < -0.4 is 0 Å². The lowest BCUT2D eigenvalue weighted by Crippen LogP contribution is -2.48. The van der Waals surface area contributed by atoms with Gasteiger partial charge < -0.3 is 5.11 Å². The highest BCUT2D eigenvalue weighted by atomic mass is 16.4. The molecule has 1 aliphatic carbocycles. The molecule has 1 saturated carbocycles. The molecule has 1 aliphatic heterocycles. The Balaban J connectivity index is 1.99. The molecule has 0 aromatic rings. The van der Waals surface area contributed by atoms with Gasteiger partial charge in [-0.15, -0.1) is 0 Å². The zero-order valence-electron chi connectivity index (χ0n) is 10.0. The fourth-order valence-electron chi connectivity index (χ4n) is 3.30. The molecule has 1 unspecified atom stereocenters. The van der Waals surface area contributed by atoms with E-state index >= 15 is 0 Å². The number of likely N-dealkylation sites (tertiary alicyclic amines) is 1. The van der Waals surface area contributed by atoms with Crippen LogP contribution in [0.2, 0.25) is 0 Å². The van der Waals surface area contributed by atoms with Gasteiger partial charge in [0.05, 0.1) is 0 Å².